The minimum atomic E-state index is 0.744. The van der Waals surface area contributed by atoms with Crippen LogP contribution in [0.1, 0.15) is 58.7 Å². The fraction of sp³-hybridized carbons (Fsp3) is 0.833. The van der Waals surface area contributed by atoms with Crippen molar-refractivity contribution in [3.63, 3.8) is 0 Å². The molecule has 0 radical (unpaired) electrons. The van der Waals surface area contributed by atoms with Crippen LogP contribution in [-0.2, 0) is 13.0 Å². The molecular formula is C18H33N3. The molecule has 1 aromatic rings. The Labute approximate surface area is 130 Å². The molecule has 0 aromatic carbocycles. The quantitative estimate of drug-likeness (QED) is 0.772. The first-order chi connectivity index (χ1) is 10.2. The Morgan fingerprint density at radius 2 is 2.00 bits per heavy atom. The van der Waals surface area contributed by atoms with E-state index in [0.717, 1.165) is 37.3 Å². The Kier molecular flexibility index (Phi) is 6.75. The Hall–Kier alpha value is -0.830. The molecule has 3 nitrogen and oxygen atoms in total. The number of rotatable bonds is 7. The van der Waals surface area contributed by atoms with Gasteiger partial charge in [0.1, 0.15) is 5.82 Å². The normalized spacial score (nSPS) is 23.4. The van der Waals surface area contributed by atoms with Crippen LogP contribution in [-0.4, -0.2) is 22.6 Å². The lowest BCUT2D eigenvalue weighted by molar-refractivity contribution is 0.288. The maximum Gasteiger partial charge on any atom is 0.108 e. The van der Waals surface area contributed by atoms with E-state index in [2.05, 4.69) is 41.8 Å². The molecule has 3 heteroatoms. The van der Waals surface area contributed by atoms with Gasteiger partial charge in [0.25, 0.3) is 0 Å². The molecular weight excluding hydrogens is 258 g/mol. The first-order valence-electron chi connectivity index (χ1n) is 8.91. The van der Waals surface area contributed by atoms with Gasteiger partial charge in [-0.05, 0) is 50.6 Å². The van der Waals surface area contributed by atoms with E-state index >= 15 is 0 Å². The molecule has 1 fully saturated rings. The molecule has 21 heavy (non-hydrogen) atoms. The zero-order valence-corrected chi connectivity index (χ0v) is 14.1. The molecule has 0 saturated heterocycles. The minimum Gasteiger partial charge on any atom is -0.335 e. The standard InChI is InChI=1S/C18H33N3/c1-4-21-11-10-20-18(21)12-16-8-6-5-7-9-17(16)14-19-13-15(2)3/h10-11,15-17,19H,4-9,12-14H2,1-3H3. The zero-order chi connectivity index (χ0) is 15.1. The molecule has 0 aliphatic heterocycles. The van der Waals surface area contributed by atoms with E-state index in [1.54, 1.807) is 0 Å². The predicted octanol–water partition coefficient (Wildman–Crippen LogP) is 3.89. The largest absolute Gasteiger partial charge is 0.335 e. The highest BCUT2D eigenvalue weighted by Gasteiger charge is 2.25. The Morgan fingerprint density at radius 1 is 1.24 bits per heavy atom. The first kappa shape index (κ1) is 16.5. The molecule has 1 aliphatic carbocycles. The lowest BCUT2D eigenvalue weighted by atomic mass is 9.85. The lowest BCUT2D eigenvalue weighted by Crippen LogP contribution is -2.31. The van der Waals surface area contributed by atoms with Crippen LogP contribution in [0.15, 0.2) is 12.4 Å². The third kappa shape index (κ3) is 5.14. The van der Waals surface area contributed by atoms with Crippen LogP contribution in [0.2, 0.25) is 0 Å². The summed E-state index contributed by atoms with van der Waals surface area (Å²) in [5.41, 5.74) is 0. The van der Waals surface area contributed by atoms with Crippen LogP contribution >= 0.6 is 0 Å². The molecule has 1 heterocycles. The van der Waals surface area contributed by atoms with E-state index in [9.17, 15) is 0 Å². The summed E-state index contributed by atoms with van der Waals surface area (Å²) in [4.78, 5) is 4.60. The average Bonchev–Trinajstić information content (AvgIpc) is 2.79. The summed E-state index contributed by atoms with van der Waals surface area (Å²) in [5.74, 6) is 3.67. The molecule has 1 aliphatic rings. The number of nitrogens with zero attached hydrogens (tertiary/aromatic N) is 2. The summed E-state index contributed by atoms with van der Waals surface area (Å²) in [7, 11) is 0. The summed E-state index contributed by atoms with van der Waals surface area (Å²) in [6.45, 7) is 10.2. The van der Waals surface area contributed by atoms with Gasteiger partial charge in [-0.1, -0.05) is 33.1 Å². The van der Waals surface area contributed by atoms with Crippen molar-refractivity contribution in [1.29, 1.82) is 0 Å². The van der Waals surface area contributed by atoms with Crippen molar-refractivity contribution in [1.82, 2.24) is 14.9 Å². The van der Waals surface area contributed by atoms with Gasteiger partial charge in [-0.25, -0.2) is 4.98 Å². The van der Waals surface area contributed by atoms with Crippen LogP contribution in [0.4, 0.5) is 0 Å². The van der Waals surface area contributed by atoms with Crippen molar-refractivity contribution in [3.05, 3.63) is 18.2 Å². The SMILES string of the molecule is CCn1ccnc1CC1CCCCCC1CNCC(C)C. The van der Waals surface area contributed by atoms with Gasteiger partial charge in [-0.15, -0.1) is 0 Å². The number of hydrogen-bond donors (Lipinski definition) is 1. The van der Waals surface area contributed by atoms with E-state index in [-0.39, 0.29) is 0 Å². The number of hydrogen-bond acceptors (Lipinski definition) is 2. The number of nitrogens with one attached hydrogen (secondary N) is 1. The third-order valence-electron chi connectivity index (χ3n) is 4.86. The summed E-state index contributed by atoms with van der Waals surface area (Å²) >= 11 is 0. The van der Waals surface area contributed by atoms with E-state index in [0.29, 0.717) is 0 Å². The van der Waals surface area contributed by atoms with Gasteiger partial charge in [-0.3, -0.25) is 0 Å². The Bertz CT molecular complexity index is 397. The number of aryl methyl sites for hydroxylation is 1. The molecule has 0 spiro atoms. The van der Waals surface area contributed by atoms with Gasteiger partial charge in [0.2, 0.25) is 0 Å². The average molecular weight is 291 g/mol. The van der Waals surface area contributed by atoms with E-state index in [4.69, 9.17) is 0 Å². The number of aromatic nitrogens is 2. The summed E-state index contributed by atoms with van der Waals surface area (Å²) in [6.07, 6.45) is 12.2. The molecule has 0 bridgehead atoms. The Morgan fingerprint density at radius 3 is 2.71 bits per heavy atom. The molecule has 2 atom stereocenters. The van der Waals surface area contributed by atoms with Gasteiger partial charge in [0.15, 0.2) is 0 Å². The van der Waals surface area contributed by atoms with Crippen molar-refractivity contribution in [2.45, 2.75) is 65.8 Å². The van der Waals surface area contributed by atoms with Crippen LogP contribution in [0.3, 0.4) is 0 Å². The Balaban J connectivity index is 1.95. The van der Waals surface area contributed by atoms with Crippen LogP contribution in [0.25, 0.3) is 0 Å². The van der Waals surface area contributed by atoms with Crippen LogP contribution in [0, 0.1) is 17.8 Å². The van der Waals surface area contributed by atoms with Crippen molar-refractivity contribution in [3.8, 4) is 0 Å². The zero-order valence-electron chi connectivity index (χ0n) is 14.1. The van der Waals surface area contributed by atoms with Crippen LogP contribution < -0.4 is 5.32 Å². The highest BCUT2D eigenvalue weighted by molar-refractivity contribution is 4.95. The minimum absolute atomic E-state index is 0.744. The smallest absolute Gasteiger partial charge is 0.108 e. The highest BCUT2D eigenvalue weighted by atomic mass is 15.1. The summed E-state index contributed by atoms with van der Waals surface area (Å²) in [5, 5.41) is 3.69. The first-order valence-corrected chi connectivity index (χ1v) is 8.91. The molecule has 1 aromatic heterocycles. The second-order valence-electron chi connectivity index (χ2n) is 7.04. The van der Waals surface area contributed by atoms with Crippen molar-refractivity contribution < 1.29 is 0 Å². The predicted molar refractivity (Wildman–Crippen MR) is 89.4 cm³/mol. The van der Waals surface area contributed by atoms with Crippen molar-refractivity contribution in [2.24, 2.45) is 17.8 Å². The second-order valence-corrected chi connectivity index (χ2v) is 7.04. The van der Waals surface area contributed by atoms with Gasteiger partial charge < -0.3 is 9.88 Å². The second kappa shape index (κ2) is 8.57. The van der Waals surface area contributed by atoms with Gasteiger partial charge in [0, 0.05) is 25.4 Å². The summed E-state index contributed by atoms with van der Waals surface area (Å²) < 4.78 is 2.31. The fourth-order valence-electron chi connectivity index (χ4n) is 3.61. The molecule has 2 rings (SSSR count). The van der Waals surface area contributed by atoms with E-state index in [1.807, 2.05) is 6.20 Å². The maximum atomic E-state index is 4.60. The lowest BCUT2D eigenvalue weighted by Gasteiger charge is -2.26. The van der Waals surface area contributed by atoms with E-state index < -0.39 is 0 Å². The third-order valence-corrected chi connectivity index (χ3v) is 4.86. The monoisotopic (exact) mass is 291 g/mol. The topological polar surface area (TPSA) is 29.9 Å². The molecule has 120 valence electrons. The fourth-order valence-corrected chi connectivity index (χ4v) is 3.61. The van der Waals surface area contributed by atoms with Crippen molar-refractivity contribution in [2.75, 3.05) is 13.1 Å². The van der Waals surface area contributed by atoms with Crippen LogP contribution in [0.5, 0.6) is 0 Å². The summed E-state index contributed by atoms with van der Waals surface area (Å²) in [6, 6.07) is 0. The molecule has 1 saturated carbocycles. The maximum absolute atomic E-state index is 4.60. The highest BCUT2D eigenvalue weighted by Crippen LogP contribution is 2.30. The van der Waals surface area contributed by atoms with Crippen molar-refractivity contribution >= 4 is 0 Å². The molecule has 2 unspecified atom stereocenters. The molecule has 1 N–H and O–H groups in total. The van der Waals surface area contributed by atoms with Gasteiger partial charge in [0.05, 0.1) is 0 Å². The van der Waals surface area contributed by atoms with E-state index in [1.165, 1.54) is 44.5 Å². The number of imidazole rings is 1. The van der Waals surface area contributed by atoms with Gasteiger partial charge >= 0.3 is 0 Å². The van der Waals surface area contributed by atoms with Gasteiger partial charge in [-0.2, -0.15) is 0 Å². The molecule has 0 amide bonds.